The highest BCUT2D eigenvalue weighted by atomic mass is 32.2. The highest BCUT2D eigenvalue weighted by Crippen LogP contribution is 2.18. The number of rotatable bonds is 7. The predicted octanol–water partition coefficient (Wildman–Crippen LogP) is -0.310. The van der Waals surface area contributed by atoms with E-state index in [1.807, 2.05) is 0 Å². The lowest BCUT2D eigenvalue weighted by Gasteiger charge is -2.04. The van der Waals surface area contributed by atoms with Crippen molar-refractivity contribution in [2.75, 3.05) is 19.4 Å². The van der Waals surface area contributed by atoms with Crippen LogP contribution in [0.25, 0.3) is 0 Å². The molecule has 0 atom stereocenters. The van der Waals surface area contributed by atoms with E-state index < -0.39 is 0 Å². The number of tetrazole rings is 1. The highest BCUT2D eigenvalue weighted by Gasteiger charge is 2.20. The lowest BCUT2D eigenvalue weighted by Crippen LogP contribution is -2.22. The van der Waals surface area contributed by atoms with Crippen LogP contribution < -0.4 is 5.32 Å². The third-order valence-corrected chi connectivity index (χ3v) is 3.31. The SMILES string of the molecule is COC(=O)CSc1nnnn1CCNC1CC1. The van der Waals surface area contributed by atoms with Gasteiger partial charge in [0.05, 0.1) is 19.4 Å². The molecule has 0 amide bonds. The van der Waals surface area contributed by atoms with Crippen LogP contribution in [0.2, 0.25) is 0 Å². The van der Waals surface area contributed by atoms with Gasteiger partial charge < -0.3 is 10.1 Å². The first-order valence-corrected chi connectivity index (χ1v) is 6.47. The maximum atomic E-state index is 11.0. The molecule has 0 aliphatic heterocycles. The molecule has 17 heavy (non-hydrogen) atoms. The van der Waals surface area contributed by atoms with E-state index in [0.717, 1.165) is 6.54 Å². The van der Waals surface area contributed by atoms with E-state index in [4.69, 9.17) is 0 Å². The number of carbonyl (C=O) groups excluding carboxylic acids is 1. The van der Waals surface area contributed by atoms with Gasteiger partial charge in [-0.25, -0.2) is 4.68 Å². The van der Waals surface area contributed by atoms with Crippen LogP contribution in [-0.4, -0.2) is 51.6 Å². The van der Waals surface area contributed by atoms with Crippen molar-refractivity contribution in [1.29, 1.82) is 0 Å². The van der Waals surface area contributed by atoms with Crippen molar-refractivity contribution in [1.82, 2.24) is 25.5 Å². The van der Waals surface area contributed by atoms with Gasteiger partial charge in [0.25, 0.3) is 0 Å². The number of nitrogens with zero attached hydrogens (tertiary/aromatic N) is 4. The van der Waals surface area contributed by atoms with Crippen LogP contribution in [0.5, 0.6) is 0 Å². The number of esters is 1. The van der Waals surface area contributed by atoms with E-state index in [-0.39, 0.29) is 11.7 Å². The smallest absolute Gasteiger partial charge is 0.316 e. The number of hydrogen-bond acceptors (Lipinski definition) is 7. The highest BCUT2D eigenvalue weighted by molar-refractivity contribution is 7.99. The lowest BCUT2D eigenvalue weighted by atomic mass is 10.6. The van der Waals surface area contributed by atoms with Crippen molar-refractivity contribution >= 4 is 17.7 Å². The summed E-state index contributed by atoms with van der Waals surface area (Å²) in [6.45, 7) is 1.56. The Kier molecular flexibility index (Phi) is 4.32. The van der Waals surface area contributed by atoms with E-state index in [1.54, 1.807) is 4.68 Å². The van der Waals surface area contributed by atoms with Gasteiger partial charge >= 0.3 is 5.97 Å². The molecule has 2 rings (SSSR count). The summed E-state index contributed by atoms with van der Waals surface area (Å²) in [5.41, 5.74) is 0. The maximum Gasteiger partial charge on any atom is 0.316 e. The fraction of sp³-hybridized carbons (Fsp3) is 0.778. The number of methoxy groups -OCH3 is 1. The Morgan fingerprint density at radius 1 is 1.65 bits per heavy atom. The van der Waals surface area contributed by atoms with Crippen LogP contribution in [0.15, 0.2) is 5.16 Å². The quantitative estimate of drug-likeness (QED) is 0.530. The summed E-state index contributed by atoms with van der Waals surface area (Å²) < 4.78 is 6.26. The van der Waals surface area contributed by atoms with Crippen molar-refractivity contribution in [2.24, 2.45) is 0 Å². The van der Waals surface area contributed by atoms with Gasteiger partial charge in [-0.2, -0.15) is 0 Å². The van der Waals surface area contributed by atoms with Crippen LogP contribution in [-0.2, 0) is 16.1 Å². The standard InChI is InChI=1S/C9H15N5O2S/c1-16-8(15)6-17-9-11-12-13-14(9)5-4-10-7-2-3-7/h7,10H,2-6H2,1H3. The van der Waals surface area contributed by atoms with Crippen molar-refractivity contribution in [3.63, 3.8) is 0 Å². The first-order valence-electron chi connectivity index (χ1n) is 5.49. The number of thioether (sulfide) groups is 1. The number of carbonyl (C=O) groups is 1. The van der Waals surface area contributed by atoms with Gasteiger partial charge in [0.1, 0.15) is 0 Å². The van der Waals surface area contributed by atoms with Gasteiger partial charge in [0.2, 0.25) is 5.16 Å². The van der Waals surface area contributed by atoms with Crippen molar-refractivity contribution in [3.05, 3.63) is 0 Å². The zero-order chi connectivity index (χ0) is 12.1. The largest absolute Gasteiger partial charge is 0.468 e. The zero-order valence-electron chi connectivity index (χ0n) is 9.63. The molecule has 7 nitrogen and oxygen atoms in total. The van der Waals surface area contributed by atoms with Crippen LogP contribution >= 0.6 is 11.8 Å². The Balaban J connectivity index is 1.76. The summed E-state index contributed by atoms with van der Waals surface area (Å²) in [6.07, 6.45) is 2.53. The summed E-state index contributed by atoms with van der Waals surface area (Å²) >= 11 is 1.29. The zero-order valence-corrected chi connectivity index (χ0v) is 10.4. The van der Waals surface area contributed by atoms with Crippen LogP contribution in [0.4, 0.5) is 0 Å². The minimum absolute atomic E-state index is 0.229. The molecule has 1 N–H and O–H groups in total. The molecule has 1 aromatic heterocycles. The molecule has 1 aliphatic carbocycles. The molecule has 94 valence electrons. The molecule has 1 heterocycles. The first kappa shape index (κ1) is 12.3. The Morgan fingerprint density at radius 2 is 2.47 bits per heavy atom. The van der Waals surface area contributed by atoms with Crippen LogP contribution in [0.3, 0.4) is 0 Å². The number of ether oxygens (including phenoxy) is 1. The lowest BCUT2D eigenvalue weighted by molar-refractivity contribution is -0.137. The van der Waals surface area contributed by atoms with Gasteiger partial charge in [0, 0.05) is 12.6 Å². The Labute approximate surface area is 103 Å². The average Bonchev–Trinajstić information content (AvgIpc) is 3.05. The monoisotopic (exact) mass is 257 g/mol. The molecular formula is C9H15N5O2S. The second-order valence-corrected chi connectivity index (χ2v) is 4.72. The molecule has 1 fully saturated rings. The summed E-state index contributed by atoms with van der Waals surface area (Å²) in [7, 11) is 1.37. The van der Waals surface area contributed by atoms with Crippen LogP contribution in [0.1, 0.15) is 12.8 Å². The van der Waals surface area contributed by atoms with Crippen LogP contribution in [0, 0.1) is 0 Å². The second kappa shape index (κ2) is 5.97. The molecule has 1 saturated carbocycles. The average molecular weight is 257 g/mol. The molecule has 0 spiro atoms. The Morgan fingerprint density at radius 3 is 3.18 bits per heavy atom. The maximum absolute atomic E-state index is 11.0. The Bertz CT molecular complexity index is 379. The molecule has 0 unspecified atom stereocenters. The van der Waals surface area contributed by atoms with E-state index >= 15 is 0 Å². The third-order valence-electron chi connectivity index (χ3n) is 2.38. The van der Waals surface area contributed by atoms with Crippen molar-refractivity contribution < 1.29 is 9.53 Å². The second-order valence-electron chi connectivity index (χ2n) is 3.78. The summed E-state index contributed by atoms with van der Waals surface area (Å²) in [6, 6.07) is 0.678. The van der Waals surface area contributed by atoms with Gasteiger partial charge in [0.15, 0.2) is 0 Å². The van der Waals surface area contributed by atoms with E-state index in [1.165, 1.54) is 31.7 Å². The van der Waals surface area contributed by atoms with E-state index in [2.05, 4.69) is 25.6 Å². The van der Waals surface area contributed by atoms with Gasteiger partial charge in [-0.3, -0.25) is 4.79 Å². The Hall–Kier alpha value is -1.15. The molecule has 8 heteroatoms. The minimum Gasteiger partial charge on any atom is -0.468 e. The van der Waals surface area contributed by atoms with Gasteiger partial charge in [-0.05, 0) is 23.3 Å². The summed E-state index contributed by atoms with van der Waals surface area (Å²) in [5, 5.41) is 15.4. The molecule has 0 radical (unpaired) electrons. The molecular weight excluding hydrogens is 242 g/mol. The molecule has 0 saturated heterocycles. The summed E-state index contributed by atoms with van der Waals surface area (Å²) in [4.78, 5) is 11.0. The topological polar surface area (TPSA) is 81.9 Å². The van der Waals surface area contributed by atoms with Gasteiger partial charge in [-0.1, -0.05) is 11.8 Å². The first-order chi connectivity index (χ1) is 8.29. The fourth-order valence-corrected chi connectivity index (χ4v) is 2.02. The molecule has 1 aliphatic rings. The number of aromatic nitrogens is 4. The van der Waals surface area contributed by atoms with Crippen molar-refractivity contribution in [2.45, 2.75) is 30.6 Å². The number of hydrogen-bond donors (Lipinski definition) is 1. The van der Waals surface area contributed by atoms with Crippen molar-refractivity contribution in [3.8, 4) is 0 Å². The minimum atomic E-state index is -0.277. The molecule has 0 bridgehead atoms. The number of nitrogens with one attached hydrogen (secondary N) is 1. The normalized spacial score (nSPS) is 14.9. The third kappa shape index (κ3) is 3.97. The van der Waals surface area contributed by atoms with E-state index in [9.17, 15) is 4.79 Å². The molecule has 1 aromatic rings. The fourth-order valence-electron chi connectivity index (χ4n) is 1.28. The summed E-state index contributed by atoms with van der Waals surface area (Å²) in [5.74, 6) is -0.0481. The predicted molar refractivity (Wildman–Crippen MR) is 61.6 cm³/mol. The molecule has 0 aromatic carbocycles. The van der Waals surface area contributed by atoms with Gasteiger partial charge in [-0.15, -0.1) is 5.10 Å². The van der Waals surface area contributed by atoms with E-state index in [0.29, 0.717) is 17.7 Å².